The molecule has 0 unspecified atom stereocenters. The number of hydrogen-bond acceptors (Lipinski definition) is 2. The Bertz CT molecular complexity index is 119. The second kappa shape index (κ2) is 4.27. The minimum absolute atomic E-state index is 0.134. The number of ether oxygens (including phenoxy) is 1. The zero-order chi connectivity index (χ0) is 8.20. The number of rotatable bonds is 3. The molecule has 60 valence electrons. The Labute approximate surface area is 74.4 Å². The van der Waals surface area contributed by atoms with Crippen molar-refractivity contribution in [3.8, 4) is 0 Å². The fourth-order valence-corrected chi connectivity index (χ4v) is 0.444. The Morgan fingerprint density at radius 1 is 1.60 bits per heavy atom. The molecule has 0 saturated carbocycles. The van der Waals surface area contributed by atoms with E-state index in [0.29, 0.717) is 0 Å². The van der Waals surface area contributed by atoms with Crippen molar-refractivity contribution < 1.29 is 9.53 Å². The summed E-state index contributed by atoms with van der Waals surface area (Å²) in [6.07, 6.45) is 0. The predicted octanol–water partition coefficient (Wildman–Crippen LogP) is 1.96. The highest BCUT2D eigenvalue weighted by atomic mass is 35.5. The molecule has 0 aromatic heterocycles. The van der Waals surface area contributed by atoms with Crippen molar-refractivity contribution in [2.45, 2.75) is 11.3 Å². The number of hydrogen-bond donors (Lipinski definition) is 0. The third-order valence-electron chi connectivity index (χ3n) is 0.669. The van der Waals surface area contributed by atoms with Crippen LogP contribution >= 0.6 is 34.8 Å². The van der Waals surface area contributed by atoms with E-state index in [0.717, 1.165) is 0 Å². The highest BCUT2D eigenvalue weighted by Crippen LogP contribution is 2.20. The van der Waals surface area contributed by atoms with Gasteiger partial charge in [-0.05, 0) is 6.92 Å². The first-order chi connectivity index (χ1) is 4.48. The fourth-order valence-electron chi connectivity index (χ4n) is 0.258. The van der Waals surface area contributed by atoms with E-state index in [1.807, 2.05) is 0 Å². The van der Waals surface area contributed by atoms with Gasteiger partial charge in [-0.15, -0.1) is 11.6 Å². The number of esters is 1. The van der Waals surface area contributed by atoms with E-state index in [9.17, 15) is 4.79 Å². The minimum Gasteiger partial charge on any atom is -0.462 e. The largest absolute Gasteiger partial charge is 0.462 e. The minimum atomic E-state index is -1.47. The molecule has 5 heteroatoms. The van der Waals surface area contributed by atoms with E-state index < -0.39 is 10.3 Å². The van der Waals surface area contributed by atoms with Gasteiger partial charge in [0, 0.05) is 0 Å². The van der Waals surface area contributed by atoms with Crippen molar-refractivity contribution in [2.24, 2.45) is 0 Å². The Morgan fingerprint density at radius 3 is 2.40 bits per heavy atom. The van der Waals surface area contributed by atoms with Gasteiger partial charge in [-0.1, -0.05) is 23.2 Å². The molecular weight excluding hydrogens is 198 g/mol. The number of carbonyl (C=O) groups excluding carboxylic acids is 1. The summed E-state index contributed by atoms with van der Waals surface area (Å²) in [6.45, 7) is 1.47. The average Bonchev–Trinajstić information content (AvgIpc) is 1.80. The normalized spacial score (nSPS) is 11.2. The smallest absolute Gasteiger partial charge is 0.342 e. The highest BCUT2D eigenvalue weighted by Gasteiger charge is 2.28. The van der Waals surface area contributed by atoms with Gasteiger partial charge in [0.05, 0.1) is 5.88 Å². The third-order valence-corrected chi connectivity index (χ3v) is 1.13. The first kappa shape index (κ1) is 10.3. The molecule has 0 fully saturated rings. The third kappa shape index (κ3) is 4.20. The molecule has 0 N–H and O–H groups in total. The lowest BCUT2D eigenvalue weighted by Crippen LogP contribution is -2.25. The number of carbonyl (C=O) groups is 1. The summed E-state index contributed by atoms with van der Waals surface area (Å²) in [6, 6.07) is 0. The predicted molar refractivity (Wildman–Crippen MR) is 41.8 cm³/mol. The topological polar surface area (TPSA) is 26.3 Å². The van der Waals surface area contributed by atoms with Crippen molar-refractivity contribution in [3.05, 3.63) is 0 Å². The molecule has 0 heterocycles. The van der Waals surface area contributed by atoms with Crippen molar-refractivity contribution in [2.75, 3.05) is 12.5 Å². The Balaban J connectivity index is 3.64. The van der Waals surface area contributed by atoms with Crippen LogP contribution < -0.4 is 0 Å². The lowest BCUT2D eigenvalue weighted by atomic mass is 10.5. The summed E-state index contributed by atoms with van der Waals surface area (Å²) in [7, 11) is 0. The van der Waals surface area contributed by atoms with Crippen LogP contribution in [-0.2, 0) is 9.53 Å². The van der Waals surface area contributed by atoms with Crippen molar-refractivity contribution in [1.82, 2.24) is 0 Å². The summed E-state index contributed by atoms with van der Waals surface area (Å²) in [4.78, 5) is 10.7. The van der Waals surface area contributed by atoms with E-state index >= 15 is 0 Å². The molecule has 0 aromatic carbocycles. The van der Waals surface area contributed by atoms with Gasteiger partial charge in [-0.25, -0.2) is 4.79 Å². The van der Waals surface area contributed by atoms with Crippen molar-refractivity contribution in [1.29, 1.82) is 0 Å². The zero-order valence-corrected chi connectivity index (χ0v) is 7.63. The van der Waals surface area contributed by atoms with Crippen LogP contribution in [0.25, 0.3) is 0 Å². The maximum Gasteiger partial charge on any atom is 0.342 e. The molecule has 0 aliphatic carbocycles. The maximum atomic E-state index is 10.7. The number of halogens is 3. The lowest BCUT2D eigenvalue weighted by molar-refractivity contribution is -0.143. The molecule has 0 amide bonds. The van der Waals surface area contributed by atoms with E-state index in [4.69, 9.17) is 34.8 Å². The van der Waals surface area contributed by atoms with Gasteiger partial charge in [0.2, 0.25) is 4.33 Å². The molecule has 0 bridgehead atoms. The van der Waals surface area contributed by atoms with Crippen LogP contribution in [0.2, 0.25) is 0 Å². The number of alkyl halides is 3. The van der Waals surface area contributed by atoms with Crippen molar-refractivity contribution in [3.63, 3.8) is 0 Å². The van der Waals surface area contributed by atoms with Gasteiger partial charge in [0.25, 0.3) is 0 Å². The van der Waals surface area contributed by atoms with E-state index in [2.05, 4.69) is 4.74 Å². The standard InChI is InChI=1S/C5H7Cl3O2/c1-5(7,8)4(9)10-3-2-6/h2-3H2,1H3. The van der Waals surface area contributed by atoms with Gasteiger partial charge >= 0.3 is 5.97 Å². The SMILES string of the molecule is CC(Cl)(Cl)C(=O)OCCCl. The van der Waals surface area contributed by atoms with E-state index in [1.165, 1.54) is 6.92 Å². The Morgan fingerprint density at radius 2 is 2.10 bits per heavy atom. The Kier molecular flexibility index (Phi) is 4.41. The second-order valence-corrected chi connectivity index (χ2v) is 3.80. The summed E-state index contributed by atoms with van der Waals surface area (Å²) in [5.41, 5.74) is 0. The van der Waals surface area contributed by atoms with Gasteiger partial charge < -0.3 is 4.74 Å². The second-order valence-electron chi connectivity index (χ2n) is 1.71. The molecule has 0 aromatic rings. The van der Waals surface area contributed by atoms with Crippen LogP contribution in [0, 0.1) is 0 Å². The molecule has 0 aliphatic rings. The molecule has 0 saturated heterocycles. The van der Waals surface area contributed by atoms with Crippen LogP contribution in [0.4, 0.5) is 0 Å². The Hall–Kier alpha value is 0.340. The molecule has 0 spiro atoms. The average molecular weight is 205 g/mol. The zero-order valence-electron chi connectivity index (χ0n) is 5.36. The monoisotopic (exact) mass is 204 g/mol. The molecule has 0 aliphatic heterocycles. The maximum absolute atomic E-state index is 10.7. The van der Waals surface area contributed by atoms with E-state index in [1.54, 1.807) is 0 Å². The molecule has 0 atom stereocenters. The van der Waals surface area contributed by atoms with Crippen LogP contribution in [0.1, 0.15) is 6.92 Å². The summed E-state index contributed by atoms with van der Waals surface area (Å²) in [5, 5.41) is 0. The molecule has 10 heavy (non-hydrogen) atoms. The van der Waals surface area contributed by atoms with Crippen LogP contribution in [0.5, 0.6) is 0 Å². The molecular formula is C5H7Cl3O2. The lowest BCUT2D eigenvalue weighted by Gasteiger charge is -2.10. The van der Waals surface area contributed by atoms with Crippen LogP contribution in [-0.4, -0.2) is 22.8 Å². The first-order valence-corrected chi connectivity index (χ1v) is 3.88. The van der Waals surface area contributed by atoms with Gasteiger partial charge in [-0.3, -0.25) is 0 Å². The molecule has 0 radical (unpaired) electrons. The summed E-state index contributed by atoms with van der Waals surface area (Å²) >= 11 is 16.0. The molecule has 0 rings (SSSR count). The van der Waals surface area contributed by atoms with E-state index in [-0.39, 0.29) is 12.5 Å². The molecule has 2 nitrogen and oxygen atoms in total. The van der Waals surface area contributed by atoms with Crippen molar-refractivity contribution >= 4 is 40.8 Å². The van der Waals surface area contributed by atoms with Gasteiger partial charge in [-0.2, -0.15) is 0 Å². The van der Waals surface area contributed by atoms with Crippen LogP contribution in [0.3, 0.4) is 0 Å². The highest BCUT2D eigenvalue weighted by molar-refractivity contribution is 6.57. The quantitative estimate of drug-likeness (QED) is 0.520. The van der Waals surface area contributed by atoms with Gasteiger partial charge in [0.15, 0.2) is 0 Å². The first-order valence-electron chi connectivity index (χ1n) is 2.59. The fraction of sp³-hybridized carbons (Fsp3) is 0.800. The van der Waals surface area contributed by atoms with Crippen LogP contribution in [0.15, 0.2) is 0 Å². The van der Waals surface area contributed by atoms with Gasteiger partial charge in [0.1, 0.15) is 6.61 Å². The summed E-state index contributed by atoms with van der Waals surface area (Å²) < 4.78 is 3.05. The summed E-state index contributed by atoms with van der Waals surface area (Å²) in [5.74, 6) is -0.424.